The summed E-state index contributed by atoms with van der Waals surface area (Å²) < 4.78 is 7.40. The average Bonchev–Trinajstić information content (AvgIpc) is 2.56. The Labute approximate surface area is 133 Å². The number of amides is 1. The van der Waals surface area contributed by atoms with Gasteiger partial charge in [0.2, 0.25) is 5.91 Å². The summed E-state index contributed by atoms with van der Waals surface area (Å²) in [7, 11) is 1.60. The molecule has 1 N–H and O–H groups in total. The van der Waals surface area contributed by atoms with Crippen molar-refractivity contribution in [3.63, 3.8) is 0 Å². The van der Waals surface area contributed by atoms with E-state index in [2.05, 4.69) is 5.32 Å². The number of methoxy groups -OCH3 is 1. The minimum Gasteiger partial charge on any atom is -0.385 e. The van der Waals surface area contributed by atoms with Crippen LogP contribution >= 0.6 is 0 Å². The second kappa shape index (κ2) is 7.73. The molecule has 0 aliphatic rings. The van der Waals surface area contributed by atoms with Crippen molar-refractivity contribution in [3.8, 4) is 0 Å². The Bertz CT molecular complexity index is 807. The lowest BCUT2D eigenvalue weighted by Gasteiger charge is -2.13. The number of benzene rings is 1. The number of carbonyl (C=O) groups excluding carboxylic acids is 1. The first kappa shape index (κ1) is 17.0. The molecule has 1 heterocycles. The van der Waals surface area contributed by atoms with Gasteiger partial charge in [0.1, 0.15) is 6.54 Å². The van der Waals surface area contributed by atoms with Gasteiger partial charge in [0.15, 0.2) is 0 Å². The predicted molar refractivity (Wildman–Crippen MR) is 87.6 cm³/mol. The maximum Gasteiger partial charge on any atom is 0.331 e. The molecule has 0 radical (unpaired) electrons. The van der Waals surface area contributed by atoms with Crippen molar-refractivity contribution in [2.45, 2.75) is 26.4 Å². The van der Waals surface area contributed by atoms with Crippen LogP contribution in [0.1, 0.15) is 13.3 Å². The molecule has 0 fully saturated rings. The average molecular weight is 319 g/mol. The molecule has 7 nitrogen and oxygen atoms in total. The van der Waals surface area contributed by atoms with Gasteiger partial charge < -0.3 is 10.1 Å². The van der Waals surface area contributed by atoms with Gasteiger partial charge in [0, 0.05) is 26.8 Å². The van der Waals surface area contributed by atoms with Gasteiger partial charge in [-0.3, -0.25) is 18.7 Å². The SMILES string of the molecule is CCn1c(=O)c2ccccc2n(CC(=O)NCCCOC)c1=O. The summed E-state index contributed by atoms with van der Waals surface area (Å²) >= 11 is 0. The molecule has 2 rings (SSSR count). The van der Waals surface area contributed by atoms with Gasteiger partial charge in [-0.25, -0.2) is 4.79 Å². The molecule has 7 heteroatoms. The van der Waals surface area contributed by atoms with Gasteiger partial charge in [0.25, 0.3) is 5.56 Å². The molecule has 0 atom stereocenters. The van der Waals surface area contributed by atoms with E-state index >= 15 is 0 Å². The van der Waals surface area contributed by atoms with E-state index in [1.807, 2.05) is 0 Å². The molecule has 0 saturated heterocycles. The third-order valence-electron chi connectivity index (χ3n) is 3.60. The first-order valence-corrected chi connectivity index (χ1v) is 7.58. The van der Waals surface area contributed by atoms with Crippen LogP contribution < -0.4 is 16.6 Å². The highest BCUT2D eigenvalue weighted by atomic mass is 16.5. The highest BCUT2D eigenvalue weighted by molar-refractivity contribution is 5.81. The fourth-order valence-electron chi connectivity index (χ4n) is 2.45. The Hall–Kier alpha value is -2.41. The normalized spacial score (nSPS) is 10.9. The third-order valence-corrected chi connectivity index (χ3v) is 3.60. The highest BCUT2D eigenvalue weighted by Gasteiger charge is 2.13. The number of aromatic nitrogens is 2. The molecule has 23 heavy (non-hydrogen) atoms. The van der Waals surface area contributed by atoms with Crippen LogP contribution in [0.3, 0.4) is 0 Å². The molecule has 0 saturated carbocycles. The molecular weight excluding hydrogens is 298 g/mol. The van der Waals surface area contributed by atoms with Crippen molar-refractivity contribution in [1.82, 2.24) is 14.5 Å². The van der Waals surface area contributed by atoms with Crippen molar-refractivity contribution in [2.75, 3.05) is 20.3 Å². The summed E-state index contributed by atoms with van der Waals surface area (Å²) in [5.41, 5.74) is -0.327. The fraction of sp³-hybridized carbons (Fsp3) is 0.438. The first-order valence-electron chi connectivity index (χ1n) is 7.58. The fourth-order valence-corrected chi connectivity index (χ4v) is 2.45. The molecule has 2 aromatic rings. The topological polar surface area (TPSA) is 82.3 Å². The maximum absolute atomic E-state index is 12.5. The number of fused-ring (bicyclic) bond motifs is 1. The summed E-state index contributed by atoms with van der Waals surface area (Å²) in [5, 5.41) is 3.18. The van der Waals surface area contributed by atoms with Crippen LogP contribution in [0.2, 0.25) is 0 Å². The Morgan fingerprint density at radius 2 is 1.96 bits per heavy atom. The lowest BCUT2D eigenvalue weighted by atomic mass is 10.2. The van der Waals surface area contributed by atoms with Gasteiger partial charge in [-0.2, -0.15) is 0 Å². The van der Waals surface area contributed by atoms with E-state index in [4.69, 9.17) is 4.74 Å². The van der Waals surface area contributed by atoms with E-state index in [1.165, 1.54) is 4.57 Å². The first-order chi connectivity index (χ1) is 11.1. The molecule has 0 spiro atoms. The maximum atomic E-state index is 12.5. The van der Waals surface area contributed by atoms with Crippen LogP contribution in [-0.4, -0.2) is 35.3 Å². The number of carbonyl (C=O) groups is 1. The number of hydrogen-bond acceptors (Lipinski definition) is 4. The van der Waals surface area contributed by atoms with Gasteiger partial charge in [-0.1, -0.05) is 12.1 Å². The van der Waals surface area contributed by atoms with Crippen LogP contribution in [0.5, 0.6) is 0 Å². The van der Waals surface area contributed by atoms with Crippen LogP contribution in [0.4, 0.5) is 0 Å². The zero-order chi connectivity index (χ0) is 16.8. The number of rotatable bonds is 7. The minimum absolute atomic E-state index is 0.118. The molecule has 1 amide bonds. The molecule has 1 aromatic carbocycles. The van der Waals surface area contributed by atoms with Gasteiger partial charge in [0.05, 0.1) is 10.9 Å². The number of nitrogens with zero attached hydrogens (tertiary/aromatic N) is 2. The van der Waals surface area contributed by atoms with E-state index < -0.39 is 5.69 Å². The Balaban J connectivity index is 2.35. The van der Waals surface area contributed by atoms with E-state index in [1.54, 1.807) is 38.3 Å². The van der Waals surface area contributed by atoms with Crippen molar-refractivity contribution < 1.29 is 9.53 Å². The number of nitrogens with one attached hydrogen (secondary N) is 1. The van der Waals surface area contributed by atoms with E-state index in [0.717, 1.165) is 4.57 Å². The minimum atomic E-state index is -0.469. The van der Waals surface area contributed by atoms with Gasteiger partial charge in [-0.15, -0.1) is 0 Å². The zero-order valence-corrected chi connectivity index (χ0v) is 13.4. The lowest BCUT2D eigenvalue weighted by Crippen LogP contribution is -2.42. The molecule has 0 aliphatic heterocycles. The lowest BCUT2D eigenvalue weighted by molar-refractivity contribution is -0.121. The quantitative estimate of drug-likeness (QED) is 0.746. The van der Waals surface area contributed by atoms with E-state index in [0.29, 0.717) is 30.5 Å². The zero-order valence-electron chi connectivity index (χ0n) is 13.4. The number of hydrogen-bond donors (Lipinski definition) is 1. The van der Waals surface area contributed by atoms with Crippen molar-refractivity contribution in [3.05, 3.63) is 45.1 Å². The molecule has 124 valence electrons. The number of para-hydroxylation sites is 1. The largest absolute Gasteiger partial charge is 0.385 e. The summed E-state index contributed by atoms with van der Waals surface area (Å²) in [6.45, 7) is 2.91. The Morgan fingerprint density at radius 3 is 2.65 bits per heavy atom. The smallest absolute Gasteiger partial charge is 0.331 e. The van der Waals surface area contributed by atoms with Gasteiger partial charge >= 0.3 is 5.69 Å². The second-order valence-corrected chi connectivity index (χ2v) is 5.13. The third kappa shape index (κ3) is 3.68. The Kier molecular flexibility index (Phi) is 5.70. The van der Waals surface area contributed by atoms with Crippen molar-refractivity contribution in [1.29, 1.82) is 0 Å². The highest BCUT2D eigenvalue weighted by Crippen LogP contribution is 2.07. The summed E-state index contributed by atoms with van der Waals surface area (Å²) in [4.78, 5) is 36.8. The van der Waals surface area contributed by atoms with E-state index in [-0.39, 0.29) is 24.6 Å². The summed E-state index contributed by atoms with van der Waals surface area (Å²) in [6.07, 6.45) is 0.701. The van der Waals surface area contributed by atoms with Crippen molar-refractivity contribution in [2.24, 2.45) is 0 Å². The standard InChI is InChI=1S/C16H21N3O4/c1-3-18-15(21)12-7-4-5-8-13(12)19(16(18)22)11-14(20)17-9-6-10-23-2/h4-5,7-8H,3,6,9-11H2,1-2H3,(H,17,20). The molecule has 0 bridgehead atoms. The molecule has 0 aliphatic carbocycles. The summed E-state index contributed by atoms with van der Waals surface area (Å²) in [6, 6.07) is 6.82. The number of ether oxygens (including phenoxy) is 1. The molecular formula is C16H21N3O4. The molecule has 1 aromatic heterocycles. The van der Waals surface area contributed by atoms with Crippen LogP contribution in [0, 0.1) is 0 Å². The van der Waals surface area contributed by atoms with Gasteiger partial charge in [-0.05, 0) is 25.5 Å². The van der Waals surface area contributed by atoms with Crippen molar-refractivity contribution >= 4 is 16.8 Å². The molecule has 0 unspecified atom stereocenters. The Morgan fingerprint density at radius 1 is 1.22 bits per heavy atom. The predicted octanol–water partition coefficient (Wildman–Crippen LogP) is 0.336. The van der Waals surface area contributed by atoms with Crippen LogP contribution in [0.15, 0.2) is 33.9 Å². The summed E-state index contributed by atoms with van der Waals surface area (Å²) in [5.74, 6) is -0.269. The van der Waals surface area contributed by atoms with Crippen LogP contribution in [-0.2, 0) is 22.6 Å². The second-order valence-electron chi connectivity index (χ2n) is 5.13. The van der Waals surface area contributed by atoms with E-state index in [9.17, 15) is 14.4 Å². The van der Waals surface area contributed by atoms with Crippen LogP contribution in [0.25, 0.3) is 10.9 Å². The monoisotopic (exact) mass is 319 g/mol.